The van der Waals surface area contributed by atoms with E-state index < -0.39 is 11.8 Å². The highest BCUT2D eigenvalue weighted by atomic mass is 16.3. The third-order valence-electron chi connectivity index (χ3n) is 1.61. The lowest BCUT2D eigenvalue weighted by atomic mass is 10.3. The lowest BCUT2D eigenvalue weighted by Gasteiger charge is -2.16. The summed E-state index contributed by atoms with van der Waals surface area (Å²) < 4.78 is 0. The van der Waals surface area contributed by atoms with Crippen molar-refractivity contribution in [3.63, 3.8) is 0 Å². The zero-order valence-corrected chi connectivity index (χ0v) is 7.89. The van der Waals surface area contributed by atoms with Crippen molar-refractivity contribution in [3.05, 3.63) is 18.3 Å². The first kappa shape index (κ1) is 10.2. The van der Waals surface area contributed by atoms with Crippen LogP contribution in [0.4, 0.5) is 5.82 Å². The van der Waals surface area contributed by atoms with Crippen molar-refractivity contribution in [2.45, 2.75) is 13.8 Å². The maximum Gasteiger partial charge on any atom is 0.231 e. The minimum absolute atomic E-state index is 0.0347. The van der Waals surface area contributed by atoms with E-state index in [1.807, 2.05) is 0 Å². The standard InChI is InChI=1S/C9H10N2O3/c1-6(12)11(7(2)13)9-8(14)4-3-5-10-9/h3-5,14H,1-2H3. The second-order valence-corrected chi connectivity index (χ2v) is 2.72. The van der Waals surface area contributed by atoms with E-state index in [9.17, 15) is 14.7 Å². The van der Waals surface area contributed by atoms with Crippen molar-refractivity contribution in [2.24, 2.45) is 0 Å². The number of pyridine rings is 1. The molecular formula is C9H10N2O3. The summed E-state index contributed by atoms with van der Waals surface area (Å²) in [4.78, 5) is 26.8. The van der Waals surface area contributed by atoms with Gasteiger partial charge in [-0.2, -0.15) is 0 Å². The normalized spacial score (nSPS) is 9.57. The molecule has 0 saturated carbocycles. The fourth-order valence-corrected chi connectivity index (χ4v) is 1.08. The molecule has 0 spiro atoms. The Bertz CT molecular complexity index is 362. The predicted octanol–water partition coefficient (Wildman–Crippen LogP) is 0.687. The molecule has 5 nitrogen and oxygen atoms in total. The van der Waals surface area contributed by atoms with Crippen molar-refractivity contribution >= 4 is 17.6 Å². The number of aromatic nitrogens is 1. The first-order valence-corrected chi connectivity index (χ1v) is 3.99. The Hall–Kier alpha value is -1.91. The minimum atomic E-state index is -0.480. The Kier molecular flexibility index (Phi) is 2.81. The third kappa shape index (κ3) is 1.87. The smallest absolute Gasteiger partial charge is 0.231 e. The van der Waals surface area contributed by atoms with Crippen LogP contribution in [-0.2, 0) is 9.59 Å². The van der Waals surface area contributed by atoms with E-state index in [1.54, 1.807) is 0 Å². The molecule has 0 bridgehead atoms. The lowest BCUT2D eigenvalue weighted by Crippen LogP contribution is -2.33. The highest BCUT2D eigenvalue weighted by Gasteiger charge is 2.20. The fraction of sp³-hybridized carbons (Fsp3) is 0.222. The van der Waals surface area contributed by atoms with Gasteiger partial charge in [0.15, 0.2) is 11.6 Å². The van der Waals surface area contributed by atoms with Crippen LogP contribution >= 0.6 is 0 Å². The van der Waals surface area contributed by atoms with Crippen LogP contribution in [-0.4, -0.2) is 21.9 Å². The topological polar surface area (TPSA) is 70.5 Å². The molecule has 0 saturated heterocycles. The summed E-state index contributed by atoms with van der Waals surface area (Å²) >= 11 is 0. The van der Waals surface area contributed by atoms with E-state index in [2.05, 4.69) is 4.98 Å². The molecule has 0 aliphatic carbocycles. The molecule has 0 aromatic carbocycles. The molecule has 1 aromatic rings. The second kappa shape index (κ2) is 3.87. The molecule has 0 radical (unpaired) electrons. The van der Waals surface area contributed by atoms with Crippen LogP contribution in [0, 0.1) is 0 Å². The van der Waals surface area contributed by atoms with Crippen molar-refractivity contribution in [2.75, 3.05) is 4.90 Å². The van der Waals surface area contributed by atoms with Crippen LogP contribution in [0.2, 0.25) is 0 Å². The summed E-state index contributed by atoms with van der Waals surface area (Å²) in [7, 11) is 0. The van der Waals surface area contributed by atoms with Gasteiger partial charge in [0.2, 0.25) is 11.8 Å². The van der Waals surface area contributed by atoms with Crippen LogP contribution in [0.3, 0.4) is 0 Å². The van der Waals surface area contributed by atoms with Crippen LogP contribution in [0.1, 0.15) is 13.8 Å². The number of hydrogen-bond donors (Lipinski definition) is 1. The van der Waals surface area contributed by atoms with E-state index in [1.165, 1.54) is 32.2 Å². The molecule has 0 aliphatic rings. The van der Waals surface area contributed by atoms with E-state index in [-0.39, 0.29) is 11.6 Å². The summed E-state index contributed by atoms with van der Waals surface area (Å²) in [6.45, 7) is 2.46. The highest BCUT2D eigenvalue weighted by molar-refractivity contribution is 6.13. The maximum absolute atomic E-state index is 11.1. The van der Waals surface area contributed by atoms with Gasteiger partial charge in [0.1, 0.15) is 0 Å². The van der Waals surface area contributed by atoms with Gasteiger partial charge in [0.25, 0.3) is 0 Å². The quantitative estimate of drug-likeness (QED) is 0.713. The Balaban J connectivity index is 3.18. The van der Waals surface area contributed by atoms with Crippen LogP contribution < -0.4 is 4.90 Å². The number of anilines is 1. The predicted molar refractivity (Wildman–Crippen MR) is 49.7 cm³/mol. The van der Waals surface area contributed by atoms with E-state index in [4.69, 9.17) is 0 Å². The van der Waals surface area contributed by atoms with E-state index in [0.29, 0.717) is 0 Å². The molecule has 0 aliphatic heterocycles. The van der Waals surface area contributed by atoms with Gasteiger partial charge < -0.3 is 5.11 Å². The summed E-state index contributed by atoms with van der Waals surface area (Å²) in [5.74, 6) is -1.19. The van der Waals surface area contributed by atoms with Crippen molar-refractivity contribution in [1.29, 1.82) is 0 Å². The Morgan fingerprint density at radius 1 is 1.36 bits per heavy atom. The fourth-order valence-electron chi connectivity index (χ4n) is 1.08. The molecule has 0 fully saturated rings. The molecule has 0 atom stereocenters. The molecule has 2 amide bonds. The summed E-state index contributed by atoms with van der Waals surface area (Å²) in [5.41, 5.74) is 0. The lowest BCUT2D eigenvalue weighted by molar-refractivity contribution is -0.124. The average molecular weight is 194 g/mol. The first-order valence-electron chi connectivity index (χ1n) is 3.99. The van der Waals surface area contributed by atoms with Gasteiger partial charge >= 0.3 is 0 Å². The van der Waals surface area contributed by atoms with E-state index >= 15 is 0 Å². The van der Waals surface area contributed by atoms with Gasteiger partial charge in [-0.25, -0.2) is 9.88 Å². The van der Waals surface area contributed by atoms with Crippen LogP contribution in [0.25, 0.3) is 0 Å². The number of rotatable bonds is 1. The maximum atomic E-state index is 11.1. The van der Waals surface area contributed by atoms with Gasteiger partial charge in [0.05, 0.1) is 0 Å². The summed E-state index contributed by atoms with van der Waals surface area (Å²) in [6, 6.07) is 2.87. The Labute approximate surface area is 81.0 Å². The van der Waals surface area contributed by atoms with Gasteiger partial charge in [0, 0.05) is 20.0 Å². The van der Waals surface area contributed by atoms with Gasteiger partial charge in [-0.1, -0.05) is 0 Å². The van der Waals surface area contributed by atoms with E-state index in [0.717, 1.165) is 4.90 Å². The van der Waals surface area contributed by atoms with Crippen LogP contribution in [0.15, 0.2) is 18.3 Å². The number of imide groups is 1. The molecule has 1 aromatic heterocycles. The number of amides is 2. The van der Waals surface area contributed by atoms with Crippen molar-refractivity contribution in [1.82, 2.24) is 4.98 Å². The molecular weight excluding hydrogens is 184 g/mol. The largest absolute Gasteiger partial charge is 0.504 e. The number of aromatic hydroxyl groups is 1. The number of hydrogen-bond acceptors (Lipinski definition) is 4. The van der Waals surface area contributed by atoms with Crippen molar-refractivity contribution in [3.8, 4) is 5.75 Å². The summed E-state index contributed by atoms with van der Waals surface area (Å²) in [5, 5.41) is 9.37. The molecule has 14 heavy (non-hydrogen) atoms. The third-order valence-corrected chi connectivity index (χ3v) is 1.61. The molecule has 1 rings (SSSR count). The monoisotopic (exact) mass is 194 g/mol. The average Bonchev–Trinajstić information content (AvgIpc) is 2.07. The first-order chi connectivity index (χ1) is 6.54. The molecule has 0 unspecified atom stereocenters. The second-order valence-electron chi connectivity index (χ2n) is 2.72. The zero-order chi connectivity index (χ0) is 10.7. The Morgan fingerprint density at radius 3 is 2.36 bits per heavy atom. The zero-order valence-electron chi connectivity index (χ0n) is 7.89. The van der Waals surface area contributed by atoms with Gasteiger partial charge in [-0.05, 0) is 12.1 Å². The molecule has 5 heteroatoms. The molecule has 74 valence electrons. The minimum Gasteiger partial charge on any atom is -0.504 e. The van der Waals surface area contributed by atoms with Crippen LogP contribution in [0.5, 0.6) is 5.75 Å². The molecule has 1 N–H and O–H groups in total. The number of carbonyl (C=O) groups is 2. The highest BCUT2D eigenvalue weighted by Crippen LogP contribution is 2.23. The van der Waals surface area contributed by atoms with Gasteiger partial charge in [-0.15, -0.1) is 0 Å². The van der Waals surface area contributed by atoms with Crippen molar-refractivity contribution < 1.29 is 14.7 Å². The molecule has 1 heterocycles. The summed E-state index contributed by atoms with van der Waals surface area (Å²) in [6.07, 6.45) is 1.40. The number of nitrogens with zero attached hydrogens (tertiary/aromatic N) is 2. The SMILES string of the molecule is CC(=O)N(C(C)=O)c1ncccc1O. The Morgan fingerprint density at radius 2 is 1.93 bits per heavy atom. The van der Waals surface area contributed by atoms with Gasteiger partial charge in [-0.3, -0.25) is 9.59 Å². The number of carbonyl (C=O) groups excluding carboxylic acids is 2.